The third-order valence-electron chi connectivity index (χ3n) is 2.77. The highest BCUT2D eigenvalue weighted by molar-refractivity contribution is 7.92. The molecular weight excluding hydrogens is 230 g/mol. The largest absolute Gasteiger partial charge is 0.311 e. The first-order chi connectivity index (χ1) is 6.80. The maximum absolute atomic E-state index is 11.7. The number of hydrogen-bond acceptors (Lipinski definition) is 4. The first kappa shape index (κ1) is 12.7. The molecule has 0 aliphatic heterocycles. The molecule has 1 N–H and O–H groups in total. The second-order valence-corrected chi connectivity index (χ2v) is 7.69. The second kappa shape index (κ2) is 4.23. The van der Waals surface area contributed by atoms with Crippen molar-refractivity contribution in [2.24, 2.45) is 0 Å². The van der Waals surface area contributed by atoms with E-state index < -0.39 is 14.6 Å². The summed E-state index contributed by atoms with van der Waals surface area (Å²) in [4.78, 5) is 1.05. The molecule has 86 valence electrons. The molecule has 0 spiro atoms. The molecule has 0 saturated carbocycles. The fourth-order valence-electron chi connectivity index (χ4n) is 1.50. The highest BCUT2D eigenvalue weighted by Gasteiger charge is 2.39. The predicted octanol–water partition coefficient (Wildman–Crippen LogP) is 1.83. The van der Waals surface area contributed by atoms with Crippen LogP contribution in [-0.2, 0) is 9.84 Å². The van der Waals surface area contributed by atoms with Crippen LogP contribution in [0.5, 0.6) is 0 Å². The van der Waals surface area contributed by atoms with Gasteiger partial charge >= 0.3 is 0 Å². The van der Waals surface area contributed by atoms with Crippen molar-refractivity contribution in [3.05, 3.63) is 22.4 Å². The molecule has 1 aromatic heterocycles. The predicted molar refractivity (Wildman–Crippen MR) is 65.0 cm³/mol. The van der Waals surface area contributed by atoms with Crippen molar-refractivity contribution in [1.82, 2.24) is 5.32 Å². The van der Waals surface area contributed by atoms with Crippen molar-refractivity contribution in [2.45, 2.75) is 24.6 Å². The van der Waals surface area contributed by atoms with E-state index in [0.29, 0.717) is 0 Å². The molecule has 0 amide bonds. The van der Waals surface area contributed by atoms with Gasteiger partial charge in [-0.25, -0.2) is 8.42 Å². The summed E-state index contributed by atoms with van der Waals surface area (Å²) >= 11 is 1.57. The van der Waals surface area contributed by atoms with Crippen LogP contribution < -0.4 is 5.32 Å². The summed E-state index contributed by atoms with van der Waals surface area (Å²) in [6, 6.07) is 3.73. The van der Waals surface area contributed by atoms with Gasteiger partial charge in [-0.15, -0.1) is 11.3 Å². The summed E-state index contributed by atoms with van der Waals surface area (Å²) in [5, 5.41) is 5.04. The Bertz CT molecular complexity index is 407. The average molecular weight is 247 g/mol. The van der Waals surface area contributed by atoms with Gasteiger partial charge in [0, 0.05) is 11.1 Å². The molecule has 1 rings (SSSR count). The van der Waals surface area contributed by atoms with E-state index >= 15 is 0 Å². The monoisotopic (exact) mass is 247 g/mol. The highest BCUT2D eigenvalue weighted by Crippen LogP contribution is 2.33. The van der Waals surface area contributed by atoms with Crippen molar-refractivity contribution < 1.29 is 8.42 Å². The molecule has 1 atom stereocenters. The van der Waals surface area contributed by atoms with E-state index in [2.05, 4.69) is 5.32 Å². The summed E-state index contributed by atoms with van der Waals surface area (Å²) in [6.45, 7) is 3.51. The molecule has 1 unspecified atom stereocenters. The fourth-order valence-corrected chi connectivity index (χ4v) is 3.27. The SMILES string of the molecule is CNC(c1cccs1)C(C)(C)S(C)(=O)=O. The van der Waals surface area contributed by atoms with Gasteiger partial charge in [-0.2, -0.15) is 0 Å². The smallest absolute Gasteiger partial charge is 0.154 e. The lowest BCUT2D eigenvalue weighted by Gasteiger charge is -2.31. The minimum atomic E-state index is -3.10. The van der Waals surface area contributed by atoms with Crippen molar-refractivity contribution in [3.8, 4) is 0 Å². The highest BCUT2D eigenvalue weighted by atomic mass is 32.2. The zero-order chi connectivity index (χ0) is 11.7. The topological polar surface area (TPSA) is 46.2 Å². The normalized spacial score (nSPS) is 15.2. The van der Waals surface area contributed by atoms with Crippen molar-refractivity contribution in [3.63, 3.8) is 0 Å². The van der Waals surface area contributed by atoms with Crippen LogP contribution in [0.25, 0.3) is 0 Å². The van der Waals surface area contributed by atoms with Gasteiger partial charge in [-0.1, -0.05) is 6.07 Å². The molecule has 0 aliphatic rings. The molecule has 5 heteroatoms. The molecule has 15 heavy (non-hydrogen) atoms. The second-order valence-electron chi connectivity index (χ2n) is 4.11. The van der Waals surface area contributed by atoms with Gasteiger partial charge in [0.25, 0.3) is 0 Å². The third kappa shape index (κ3) is 2.41. The quantitative estimate of drug-likeness (QED) is 0.883. The van der Waals surface area contributed by atoms with E-state index in [9.17, 15) is 8.42 Å². The first-order valence-corrected chi connectivity index (χ1v) is 7.48. The van der Waals surface area contributed by atoms with E-state index in [1.54, 1.807) is 32.2 Å². The molecule has 0 radical (unpaired) electrons. The maximum Gasteiger partial charge on any atom is 0.154 e. The zero-order valence-electron chi connectivity index (χ0n) is 9.44. The Balaban J connectivity index is 3.14. The molecule has 0 fully saturated rings. The summed E-state index contributed by atoms with van der Waals surface area (Å²) in [5.41, 5.74) is 0. The van der Waals surface area contributed by atoms with E-state index in [1.807, 2.05) is 17.5 Å². The molecule has 3 nitrogen and oxygen atoms in total. The minimum Gasteiger partial charge on any atom is -0.311 e. The minimum absolute atomic E-state index is 0.160. The fraction of sp³-hybridized carbons (Fsp3) is 0.600. The number of sulfone groups is 1. The first-order valence-electron chi connectivity index (χ1n) is 4.71. The van der Waals surface area contributed by atoms with Crippen LogP contribution in [0.15, 0.2) is 17.5 Å². The van der Waals surface area contributed by atoms with E-state index in [-0.39, 0.29) is 6.04 Å². The number of rotatable bonds is 4. The van der Waals surface area contributed by atoms with Gasteiger partial charge in [-0.3, -0.25) is 0 Å². The van der Waals surface area contributed by atoms with Crippen LogP contribution in [-0.4, -0.2) is 26.5 Å². The van der Waals surface area contributed by atoms with Crippen molar-refractivity contribution in [2.75, 3.05) is 13.3 Å². The Morgan fingerprint density at radius 3 is 2.40 bits per heavy atom. The van der Waals surface area contributed by atoms with Gasteiger partial charge in [-0.05, 0) is 32.3 Å². The lowest BCUT2D eigenvalue weighted by atomic mass is 10.0. The molecule has 1 aromatic rings. The lowest BCUT2D eigenvalue weighted by Crippen LogP contribution is -2.43. The van der Waals surface area contributed by atoms with Gasteiger partial charge in [0.15, 0.2) is 9.84 Å². The van der Waals surface area contributed by atoms with Gasteiger partial charge in [0.1, 0.15) is 0 Å². The Morgan fingerprint density at radius 2 is 2.07 bits per heavy atom. The number of nitrogens with one attached hydrogen (secondary N) is 1. The Labute approximate surface area is 95.4 Å². The van der Waals surface area contributed by atoms with Gasteiger partial charge in [0.05, 0.1) is 10.8 Å². The van der Waals surface area contributed by atoms with Gasteiger partial charge in [0.2, 0.25) is 0 Å². The molecule has 1 heterocycles. The van der Waals surface area contributed by atoms with Crippen LogP contribution in [0, 0.1) is 0 Å². The lowest BCUT2D eigenvalue weighted by molar-refractivity contribution is 0.451. The molecule has 0 saturated heterocycles. The standard InChI is InChI=1S/C10H17NO2S2/c1-10(2,15(4,12)13)9(11-3)8-6-5-7-14-8/h5-7,9,11H,1-4H3. The van der Waals surface area contributed by atoms with E-state index in [0.717, 1.165) is 4.88 Å². The number of thiophene rings is 1. The molecule has 0 aliphatic carbocycles. The third-order valence-corrected chi connectivity index (χ3v) is 5.85. The van der Waals surface area contributed by atoms with E-state index in [1.165, 1.54) is 6.26 Å². The Kier molecular flexibility index (Phi) is 3.58. The maximum atomic E-state index is 11.7. The van der Waals surface area contributed by atoms with Crippen LogP contribution in [0.1, 0.15) is 24.8 Å². The van der Waals surface area contributed by atoms with Crippen LogP contribution in [0.2, 0.25) is 0 Å². The summed E-state index contributed by atoms with van der Waals surface area (Å²) < 4.78 is 22.6. The Hall–Kier alpha value is -0.390. The van der Waals surface area contributed by atoms with Gasteiger partial charge < -0.3 is 5.32 Å². The summed E-state index contributed by atoms with van der Waals surface area (Å²) in [7, 11) is -1.31. The van der Waals surface area contributed by atoms with Crippen LogP contribution >= 0.6 is 11.3 Å². The van der Waals surface area contributed by atoms with Crippen molar-refractivity contribution in [1.29, 1.82) is 0 Å². The van der Waals surface area contributed by atoms with Crippen LogP contribution in [0.4, 0.5) is 0 Å². The Morgan fingerprint density at radius 1 is 1.47 bits per heavy atom. The molecule has 0 aromatic carbocycles. The molecule has 0 bridgehead atoms. The number of hydrogen-bond donors (Lipinski definition) is 1. The summed E-state index contributed by atoms with van der Waals surface area (Å²) in [5.74, 6) is 0. The molecular formula is C10H17NO2S2. The van der Waals surface area contributed by atoms with E-state index in [4.69, 9.17) is 0 Å². The zero-order valence-corrected chi connectivity index (χ0v) is 11.1. The average Bonchev–Trinajstić information content (AvgIpc) is 2.55. The van der Waals surface area contributed by atoms with Crippen molar-refractivity contribution >= 4 is 21.2 Å². The summed E-state index contributed by atoms with van der Waals surface area (Å²) in [6.07, 6.45) is 1.28. The van der Waals surface area contributed by atoms with Crippen LogP contribution in [0.3, 0.4) is 0 Å².